The van der Waals surface area contributed by atoms with E-state index in [9.17, 15) is 14.0 Å². The molecule has 2 heterocycles. The topological polar surface area (TPSA) is 62.3 Å². The van der Waals surface area contributed by atoms with Crippen molar-refractivity contribution in [3.05, 3.63) is 64.7 Å². The molecule has 3 rings (SSSR count). The van der Waals surface area contributed by atoms with Crippen molar-refractivity contribution in [3.63, 3.8) is 0 Å². The quantitative estimate of drug-likeness (QED) is 0.865. The van der Waals surface area contributed by atoms with Crippen LogP contribution in [-0.4, -0.2) is 28.4 Å². The Morgan fingerprint density at radius 3 is 2.62 bits per heavy atom. The number of halogens is 2. The van der Waals surface area contributed by atoms with Crippen LogP contribution in [-0.2, 0) is 16.8 Å². The van der Waals surface area contributed by atoms with Crippen LogP contribution in [0.1, 0.15) is 18.1 Å². The first-order valence-corrected chi connectivity index (χ1v) is 7.78. The van der Waals surface area contributed by atoms with Crippen molar-refractivity contribution >= 4 is 23.5 Å². The molecule has 0 radical (unpaired) electrons. The molecule has 5 nitrogen and oxygen atoms in total. The number of nitrogens with zero attached hydrogens (tertiary/aromatic N) is 2. The molecule has 0 aliphatic carbocycles. The highest BCUT2D eigenvalue weighted by atomic mass is 35.5. The molecule has 1 atom stereocenters. The lowest BCUT2D eigenvalue weighted by Crippen LogP contribution is -2.41. The van der Waals surface area contributed by atoms with Crippen molar-refractivity contribution < 1.29 is 14.0 Å². The summed E-state index contributed by atoms with van der Waals surface area (Å²) in [6.45, 7) is 1.81. The maximum absolute atomic E-state index is 13.2. The van der Waals surface area contributed by atoms with E-state index in [4.69, 9.17) is 11.6 Å². The molecule has 1 aliphatic rings. The summed E-state index contributed by atoms with van der Waals surface area (Å²) in [5.74, 6) is -0.909. The summed E-state index contributed by atoms with van der Waals surface area (Å²) in [6.07, 6.45) is 3.84. The van der Waals surface area contributed by atoms with Crippen LogP contribution < -0.4 is 5.32 Å². The molecular formula is C17H15ClFN3O2. The van der Waals surface area contributed by atoms with Gasteiger partial charge >= 0.3 is 6.03 Å². The number of nitrogens with one attached hydrogen (secondary N) is 1. The van der Waals surface area contributed by atoms with Gasteiger partial charge in [-0.05, 0) is 43.2 Å². The predicted molar refractivity (Wildman–Crippen MR) is 86.9 cm³/mol. The number of hydrogen-bond acceptors (Lipinski definition) is 3. The summed E-state index contributed by atoms with van der Waals surface area (Å²) in [5.41, 5.74) is 0.0365. The minimum absolute atomic E-state index is 0.0992. The van der Waals surface area contributed by atoms with Gasteiger partial charge in [0.15, 0.2) is 0 Å². The zero-order valence-corrected chi connectivity index (χ0v) is 13.7. The molecule has 1 fully saturated rings. The fourth-order valence-electron chi connectivity index (χ4n) is 2.77. The Balaban J connectivity index is 1.82. The summed E-state index contributed by atoms with van der Waals surface area (Å²) in [5, 5.41) is 2.76. The minimum atomic E-state index is -1.31. The van der Waals surface area contributed by atoms with Gasteiger partial charge in [-0.15, -0.1) is 0 Å². The lowest BCUT2D eigenvalue weighted by atomic mass is 9.92. The van der Waals surface area contributed by atoms with Crippen molar-refractivity contribution in [2.24, 2.45) is 0 Å². The lowest BCUT2D eigenvalue weighted by Gasteiger charge is -2.23. The van der Waals surface area contributed by atoms with Gasteiger partial charge in [0, 0.05) is 29.5 Å². The molecule has 2 aromatic rings. The number of benzene rings is 1. The Hall–Kier alpha value is -2.47. The monoisotopic (exact) mass is 347 g/mol. The van der Waals surface area contributed by atoms with E-state index >= 15 is 0 Å². The molecule has 3 amide bonds. The SMILES string of the molecule is C[C@]1(c2ccc(F)cc2Cl)NC(=O)N(CCc2ccncc2)C1=O. The Labute approximate surface area is 143 Å². The molecular weight excluding hydrogens is 333 g/mol. The fraction of sp³-hybridized carbons (Fsp3) is 0.235. The third-order valence-corrected chi connectivity index (χ3v) is 4.43. The van der Waals surface area contributed by atoms with Gasteiger partial charge in [-0.2, -0.15) is 0 Å². The van der Waals surface area contributed by atoms with Crippen molar-refractivity contribution in [2.45, 2.75) is 18.9 Å². The van der Waals surface area contributed by atoms with E-state index in [1.165, 1.54) is 12.1 Å². The van der Waals surface area contributed by atoms with Gasteiger partial charge in [0.2, 0.25) is 0 Å². The number of carbonyl (C=O) groups is 2. The Kier molecular flexibility index (Phi) is 4.24. The van der Waals surface area contributed by atoms with Gasteiger partial charge < -0.3 is 5.32 Å². The van der Waals surface area contributed by atoms with Crippen LogP contribution in [0.4, 0.5) is 9.18 Å². The highest BCUT2D eigenvalue weighted by Gasteiger charge is 2.49. The number of urea groups is 1. The second kappa shape index (κ2) is 6.20. The Bertz CT molecular complexity index is 800. The number of hydrogen-bond donors (Lipinski definition) is 1. The van der Waals surface area contributed by atoms with Gasteiger partial charge in [-0.1, -0.05) is 17.7 Å². The Morgan fingerprint density at radius 1 is 1.25 bits per heavy atom. The molecule has 1 aromatic heterocycles. The third kappa shape index (κ3) is 2.85. The van der Waals surface area contributed by atoms with Gasteiger partial charge in [0.05, 0.1) is 0 Å². The average molecular weight is 348 g/mol. The van der Waals surface area contributed by atoms with Gasteiger partial charge in [0.25, 0.3) is 5.91 Å². The van der Waals surface area contributed by atoms with Crippen LogP contribution in [0.5, 0.6) is 0 Å². The molecule has 0 bridgehead atoms. The molecule has 0 unspecified atom stereocenters. The summed E-state index contributed by atoms with van der Waals surface area (Å²) in [7, 11) is 0. The molecule has 1 saturated heterocycles. The number of aromatic nitrogens is 1. The zero-order valence-electron chi connectivity index (χ0n) is 12.9. The standard InChI is InChI=1S/C17H15ClFN3O2/c1-17(13-3-2-12(19)10-14(13)18)15(23)22(16(24)21-17)9-6-11-4-7-20-8-5-11/h2-5,7-8,10H,6,9H2,1H3,(H,21,24)/t17-/m1/s1. The third-order valence-electron chi connectivity index (χ3n) is 4.12. The van der Waals surface area contributed by atoms with Crippen LogP contribution in [0, 0.1) is 5.82 Å². The van der Waals surface area contributed by atoms with E-state index in [2.05, 4.69) is 10.3 Å². The summed E-state index contributed by atoms with van der Waals surface area (Å²) in [4.78, 5) is 30.1. The van der Waals surface area contributed by atoms with E-state index in [0.29, 0.717) is 12.0 Å². The van der Waals surface area contributed by atoms with Crippen molar-refractivity contribution in [2.75, 3.05) is 6.54 Å². The van der Waals surface area contributed by atoms with Crippen LogP contribution in [0.25, 0.3) is 0 Å². The number of imide groups is 1. The van der Waals surface area contributed by atoms with Crippen LogP contribution in [0.3, 0.4) is 0 Å². The molecule has 0 saturated carbocycles. The summed E-state index contributed by atoms with van der Waals surface area (Å²) >= 11 is 6.06. The molecule has 1 aromatic carbocycles. The van der Waals surface area contributed by atoms with Gasteiger partial charge in [0.1, 0.15) is 11.4 Å². The lowest BCUT2D eigenvalue weighted by molar-refractivity contribution is -0.131. The molecule has 0 spiro atoms. The van der Waals surface area contributed by atoms with Crippen molar-refractivity contribution in [1.29, 1.82) is 0 Å². The van der Waals surface area contributed by atoms with Gasteiger partial charge in [-0.3, -0.25) is 14.7 Å². The van der Waals surface area contributed by atoms with E-state index in [1.807, 2.05) is 12.1 Å². The van der Waals surface area contributed by atoms with E-state index in [1.54, 1.807) is 19.3 Å². The number of carbonyl (C=O) groups excluding carboxylic acids is 2. The maximum atomic E-state index is 13.2. The van der Waals surface area contributed by atoms with E-state index in [-0.39, 0.29) is 11.6 Å². The number of rotatable bonds is 4. The molecule has 24 heavy (non-hydrogen) atoms. The number of amides is 3. The first-order valence-electron chi connectivity index (χ1n) is 7.40. The smallest absolute Gasteiger partial charge is 0.319 e. The largest absolute Gasteiger partial charge is 0.325 e. The van der Waals surface area contributed by atoms with E-state index < -0.39 is 23.3 Å². The molecule has 124 valence electrons. The summed E-state index contributed by atoms with van der Waals surface area (Å²) < 4.78 is 13.2. The highest BCUT2D eigenvalue weighted by Crippen LogP contribution is 2.34. The first kappa shape index (κ1) is 16.4. The van der Waals surface area contributed by atoms with Crippen LogP contribution in [0.2, 0.25) is 5.02 Å². The highest BCUT2D eigenvalue weighted by molar-refractivity contribution is 6.32. The van der Waals surface area contributed by atoms with Crippen LogP contribution >= 0.6 is 11.6 Å². The van der Waals surface area contributed by atoms with Crippen LogP contribution in [0.15, 0.2) is 42.7 Å². The summed E-state index contributed by atoms with van der Waals surface area (Å²) in [6, 6.07) is 6.93. The van der Waals surface area contributed by atoms with E-state index in [0.717, 1.165) is 16.5 Å². The molecule has 7 heteroatoms. The second-order valence-corrected chi connectivity index (χ2v) is 6.15. The number of pyridine rings is 1. The van der Waals surface area contributed by atoms with Crippen molar-refractivity contribution in [1.82, 2.24) is 15.2 Å². The second-order valence-electron chi connectivity index (χ2n) is 5.74. The molecule has 1 N–H and O–H groups in total. The van der Waals surface area contributed by atoms with Crippen molar-refractivity contribution in [3.8, 4) is 0 Å². The average Bonchev–Trinajstić information content (AvgIpc) is 2.76. The molecule has 1 aliphatic heterocycles. The predicted octanol–water partition coefficient (Wildman–Crippen LogP) is 2.88. The maximum Gasteiger partial charge on any atom is 0.325 e. The fourth-order valence-corrected chi connectivity index (χ4v) is 3.12. The minimum Gasteiger partial charge on any atom is -0.319 e. The first-order chi connectivity index (χ1) is 11.4. The van der Waals surface area contributed by atoms with Gasteiger partial charge in [-0.25, -0.2) is 9.18 Å². The Morgan fingerprint density at radius 2 is 1.96 bits per heavy atom. The normalized spacial score (nSPS) is 20.4. The zero-order chi connectivity index (χ0) is 17.3.